The molecule has 1 saturated heterocycles. The van der Waals surface area contributed by atoms with Crippen LogP contribution in [-0.4, -0.2) is 37.4 Å². The molecule has 0 aliphatic carbocycles. The van der Waals surface area contributed by atoms with E-state index in [9.17, 15) is 4.79 Å². The zero-order valence-electron chi connectivity index (χ0n) is 12.7. The van der Waals surface area contributed by atoms with E-state index in [4.69, 9.17) is 4.74 Å². The number of aldehydes is 1. The molecule has 3 nitrogen and oxygen atoms in total. The Morgan fingerprint density at radius 1 is 1.00 bits per heavy atom. The van der Waals surface area contributed by atoms with Crippen LogP contribution in [-0.2, 0) is 0 Å². The van der Waals surface area contributed by atoms with E-state index in [1.807, 2.05) is 48.5 Å². The standard InChI is InChI=1S/C19H21NO2/c21-15-16-5-3-6-17(13-16)18-7-4-8-19(14-18)22-12-11-20-9-1-2-10-20/h3-8,13-15H,1-2,9-12H2. The van der Waals surface area contributed by atoms with Crippen molar-refractivity contribution in [3.8, 4) is 16.9 Å². The number of nitrogens with zero attached hydrogens (tertiary/aromatic N) is 1. The average Bonchev–Trinajstić information content (AvgIpc) is 3.09. The van der Waals surface area contributed by atoms with Crippen LogP contribution in [0.25, 0.3) is 11.1 Å². The summed E-state index contributed by atoms with van der Waals surface area (Å²) in [6.45, 7) is 4.10. The molecule has 0 radical (unpaired) electrons. The third-order valence-electron chi connectivity index (χ3n) is 4.07. The van der Waals surface area contributed by atoms with Crippen molar-refractivity contribution in [2.45, 2.75) is 12.8 Å². The Morgan fingerprint density at radius 2 is 1.73 bits per heavy atom. The van der Waals surface area contributed by atoms with Crippen molar-refractivity contribution in [3.63, 3.8) is 0 Å². The monoisotopic (exact) mass is 295 g/mol. The maximum Gasteiger partial charge on any atom is 0.150 e. The first-order valence-corrected chi connectivity index (χ1v) is 7.86. The van der Waals surface area contributed by atoms with Gasteiger partial charge in [-0.15, -0.1) is 0 Å². The number of benzene rings is 2. The normalized spacial score (nSPS) is 14.9. The molecule has 0 bridgehead atoms. The second kappa shape index (κ2) is 7.23. The van der Waals surface area contributed by atoms with Crippen LogP contribution in [0.5, 0.6) is 5.75 Å². The van der Waals surface area contributed by atoms with Crippen molar-refractivity contribution < 1.29 is 9.53 Å². The van der Waals surface area contributed by atoms with Crippen LogP contribution in [0, 0.1) is 0 Å². The quantitative estimate of drug-likeness (QED) is 0.762. The molecule has 3 heteroatoms. The van der Waals surface area contributed by atoms with Crippen LogP contribution >= 0.6 is 0 Å². The van der Waals surface area contributed by atoms with Crippen LogP contribution in [0.1, 0.15) is 23.2 Å². The highest BCUT2D eigenvalue weighted by atomic mass is 16.5. The second-order valence-electron chi connectivity index (χ2n) is 5.67. The van der Waals surface area contributed by atoms with E-state index in [1.54, 1.807) is 0 Å². The first-order chi connectivity index (χ1) is 10.8. The third-order valence-corrected chi connectivity index (χ3v) is 4.07. The summed E-state index contributed by atoms with van der Waals surface area (Å²) in [7, 11) is 0. The molecule has 0 atom stereocenters. The lowest BCUT2D eigenvalue weighted by Gasteiger charge is -2.15. The SMILES string of the molecule is O=Cc1cccc(-c2cccc(OCCN3CCCC3)c2)c1. The molecular weight excluding hydrogens is 274 g/mol. The lowest BCUT2D eigenvalue weighted by atomic mass is 10.0. The molecule has 0 amide bonds. The molecular formula is C19H21NO2. The summed E-state index contributed by atoms with van der Waals surface area (Å²) < 4.78 is 5.88. The zero-order valence-corrected chi connectivity index (χ0v) is 12.7. The number of rotatable bonds is 6. The van der Waals surface area contributed by atoms with Crippen LogP contribution in [0.4, 0.5) is 0 Å². The molecule has 114 valence electrons. The lowest BCUT2D eigenvalue weighted by molar-refractivity contribution is 0.112. The van der Waals surface area contributed by atoms with Crippen LogP contribution < -0.4 is 4.74 Å². The van der Waals surface area contributed by atoms with E-state index in [0.29, 0.717) is 5.56 Å². The number of hydrogen-bond acceptors (Lipinski definition) is 3. The maximum atomic E-state index is 10.9. The van der Waals surface area contributed by atoms with Crippen molar-refractivity contribution in [1.82, 2.24) is 4.90 Å². The molecule has 22 heavy (non-hydrogen) atoms. The molecule has 1 fully saturated rings. The van der Waals surface area contributed by atoms with Crippen molar-refractivity contribution in [1.29, 1.82) is 0 Å². The molecule has 0 spiro atoms. The fraction of sp³-hybridized carbons (Fsp3) is 0.316. The summed E-state index contributed by atoms with van der Waals surface area (Å²) in [6.07, 6.45) is 3.49. The van der Waals surface area contributed by atoms with E-state index < -0.39 is 0 Å². The van der Waals surface area contributed by atoms with Crippen LogP contribution in [0.2, 0.25) is 0 Å². The largest absolute Gasteiger partial charge is 0.492 e. The van der Waals surface area contributed by atoms with Gasteiger partial charge in [0.25, 0.3) is 0 Å². The summed E-state index contributed by atoms with van der Waals surface area (Å²) in [5, 5.41) is 0. The lowest BCUT2D eigenvalue weighted by Crippen LogP contribution is -2.25. The fourth-order valence-corrected chi connectivity index (χ4v) is 2.86. The Kier molecular flexibility index (Phi) is 4.86. The van der Waals surface area contributed by atoms with Crippen molar-refractivity contribution in [2.75, 3.05) is 26.2 Å². The van der Waals surface area contributed by atoms with E-state index in [2.05, 4.69) is 4.90 Å². The Bertz CT molecular complexity index is 633. The van der Waals surface area contributed by atoms with Gasteiger partial charge in [-0.3, -0.25) is 9.69 Å². The van der Waals surface area contributed by atoms with Gasteiger partial charge in [-0.05, 0) is 55.3 Å². The van der Waals surface area contributed by atoms with Gasteiger partial charge in [0.15, 0.2) is 0 Å². The van der Waals surface area contributed by atoms with Crippen LogP contribution in [0.15, 0.2) is 48.5 Å². The van der Waals surface area contributed by atoms with Gasteiger partial charge in [-0.25, -0.2) is 0 Å². The Balaban J connectivity index is 1.65. The summed E-state index contributed by atoms with van der Waals surface area (Å²) in [6, 6.07) is 15.7. The number of likely N-dealkylation sites (tertiary alicyclic amines) is 1. The topological polar surface area (TPSA) is 29.5 Å². The Hall–Kier alpha value is -2.13. The minimum Gasteiger partial charge on any atom is -0.492 e. The number of ether oxygens (including phenoxy) is 1. The number of carbonyl (C=O) groups is 1. The van der Waals surface area contributed by atoms with Crippen molar-refractivity contribution >= 4 is 6.29 Å². The van der Waals surface area contributed by atoms with Gasteiger partial charge in [0.2, 0.25) is 0 Å². The molecule has 0 unspecified atom stereocenters. The molecule has 0 N–H and O–H groups in total. The van der Waals surface area contributed by atoms with E-state index in [1.165, 1.54) is 25.9 Å². The molecule has 0 saturated carbocycles. The molecule has 1 heterocycles. The predicted octanol–water partition coefficient (Wildman–Crippen LogP) is 3.64. The van der Waals surface area contributed by atoms with Gasteiger partial charge < -0.3 is 4.74 Å². The Morgan fingerprint density at radius 3 is 2.50 bits per heavy atom. The first-order valence-electron chi connectivity index (χ1n) is 7.86. The highest BCUT2D eigenvalue weighted by molar-refractivity contribution is 5.79. The van der Waals surface area contributed by atoms with Gasteiger partial charge in [-0.1, -0.05) is 30.3 Å². The van der Waals surface area contributed by atoms with E-state index >= 15 is 0 Å². The number of carbonyl (C=O) groups excluding carboxylic acids is 1. The minimum atomic E-state index is 0.692. The summed E-state index contributed by atoms with van der Waals surface area (Å²) in [4.78, 5) is 13.3. The molecule has 0 aromatic heterocycles. The fourth-order valence-electron chi connectivity index (χ4n) is 2.86. The van der Waals surface area contributed by atoms with Crippen molar-refractivity contribution in [3.05, 3.63) is 54.1 Å². The molecule has 2 aromatic carbocycles. The smallest absolute Gasteiger partial charge is 0.150 e. The third kappa shape index (κ3) is 3.74. The van der Waals surface area contributed by atoms with Crippen molar-refractivity contribution in [2.24, 2.45) is 0 Å². The second-order valence-corrected chi connectivity index (χ2v) is 5.67. The number of hydrogen-bond donors (Lipinski definition) is 0. The summed E-state index contributed by atoms with van der Waals surface area (Å²) >= 11 is 0. The minimum absolute atomic E-state index is 0.692. The maximum absolute atomic E-state index is 10.9. The van der Waals surface area contributed by atoms with Gasteiger partial charge >= 0.3 is 0 Å². The Labute approximate surface area is 131 Å². The zero-order chi connectivity index (χ0) is 15.2. The summed E-state index contributed by atoms with van der Waals surface area (Å²) in [5.41, 5.74) is 2.80. The molecule has 2 aromatic rings. The van der Waals surface area contributed by atoms with Crippen LogP contribution in [0.3, 0.4) is 0 Å². The summed E-state index contributed by atoms with van der Waals surface area (Å²) in [5.74, 6) is 0.883. The van der Waals surface area contributed by atoms with Gasteiger partial charge in [0.05, 0.1) is 0 Å². The highest BCUT2D eigenvalue weighted by Gasteiger charge is 2.10. The molecule has 3 rings (SSSR count). The first kappa shape index (κ1) is 14.8. The predicted molar refractivity (Wildman–Crippen MR) is 88.4 cm³/mol. The van der Waals surface area contributed by atoms with Gasteiger partial charge in [0, 0.05) is 12.1 Å². The van der Waals surface area contributed by atoms with E-state index in [-0.39, 0.29) is 0 Å². The van der Waals surface area contributed by atoms with Gasteiger partial charge in [0.1, 0.15) is 18.6 Å². The van der Waals surface area contributed by atoms with E-state index in [0.717, 1.165) is 36.3 Å². The highest BCUT2D eigenvalue weighted by Crippen LogP contribution is 2.24. The van der Waals surface area contributed by atoms with Gasteiger partial charge in [-0.2, -0.15) is 0 Å². The average molecular weight is 295 g/mol. The molecule has 1 aliphatic rings. The molecule has 1 aliphatic heterocycles.